The Hall–Kier alpha value is -2.49. The van der Waals surface area contributed by atoms with Gasteiger partial charge in [0.15, 0.2) is 0 Å². The molecule has 0 saturated heterocycles. The van der Waals surface area contributed by atoms with Crippen LogP contribution in [0.2, 0.25) is 5.02 Å². The number of halogens is 1. The van der Waals surface area contributed by atoms with E-state index in [4.69, 9.17) is 16.9 Å². The van der Waals surface area contributed by atoms with Gasteiger partial charge >= 0.3 is 0 Å². The molecule has 0 spiro atoms. The predicted octanol–water partition coefficient (Wildman–Crippen LogP) is 4.26. The van der Waals surface area contributed by atoms with E-state index in [0.29, 0.717) is 23.6 Å². The van der Waals surface area contributed by atoms with Crippen LogP contribution < -0.4 is 4.90 Å². The third kappa shape index (κ3) is 3.09. The van der Waals surface area contributed by atoms with Gasteiger partial charge in [-0.3, -0.25) is 0 Å². The molecule has 2 aromatic carbocycles. The van der Waals surface area contributed by atoms with Crippen LogP contribution >= 0.6 is 11.6 Å². The number of hydrogen-bond donors (Lipinski definition) is 0. The van der Waals surface area contributed by atoms with Crippen LogP contribution in [0.25, 0.3) is 0 Å². The normalized spacial score (nSPS) is 9.55. The smallest absolute Gasteiger partial charge is 0.101 e. The zero-order valence-corrected chi connectivity index (χ0v) is 11.5. The Kier molecular flexibility index (Phi) is 4.60. The molecule has 0 radical (unpaired) electrons. The molecule has 0 amide bonds. The minimum atomic E-state index is 0.367. The highest BCUT2D eigenvalue weighted by atomic mass is 35.5. The summed E-state index contributed by atoms with van der Waals surface area (Å²) in [7, 11) is 0. The van der Waals surface area contributed by atoms with E-state index < -0.39 is 0 Å². The third-order valence-corrected chi connectivity index (χ3v) is 3.12. The van der Waals surface area contributed by atoms with E-state index in [1.54, 1.807) is 18.2 Å². The Balaban J connectivity index is 2.50. The number of para-hydroxylation sites is 1. The van der Waals surface area contributed by atoms with Gasteiger partial charge in [-0.2, -0.15) is 10.5 Å². The van der Waals surface area contributed by atoms with Gasteiger partial charge in [0.05, 0.1) is 23.7 Å². The second-order valence-corrected chi connectivity index (χ2v) is 4.61. The molecule has 0 bridgehead atoms. The van der Waals surface area contributed by atoms with Gasteiger partial charge in [0.25, 0.3) is 0 Å². The first-order valence-corrected chi connectivity index (χ1v) is 6.53. The number of rotatable bonds is 4. The Bertz CT molecular complexity index is 668. The minimum Gasteiger partial charge on any atom is -0.339 e. The highest BCUT2D eigenvalue weighted by molar-refractivity contribution is 6.30. The summed E-state index contributed by atoms with van der Waals surface area (Å²) in [5, 5.41) is 18.6. The van der Waals surface area contributed by atoms with Gasteiger partial charge in [0.1, 0.15) is 6.07 Å². The van der Waals surface area contributed by atoms with Gasteiger partial charge in [-0.05, 0) is 30.3 Å². The van der Waals surface area contributed by atoms with E-state index in [-0.39, 0.29) is 0 Å². The van der Waals surface area contributed by atoms with Crippen molar-refractivity contribution in [3.8, 4) is 12.1 Å². The largest absolute Gasteiger partial charge is 0.339 e. The lowest BCUT2D eigenvalue weighted by molar-refractivity contribution is 0.946. The molecule has 20 heavy (non-hydrogen) atoms. The van der Waals surface area contributed by atoms with Gasteiger partial charge in [-0.15, -0.1) is 0 Å². The first-order valence-electron chi connectivity index (χ1n) is 6.15. The molecule has 2 aromatic rings. The Morgan fingerprint density at radius 3 is 2.45 bits per heavy atom. The maximum absolute atomic E-state index is 9.25. The van der Waals surface area contributed by atoms with Gasteiger partial charge in [-0.25, -0.2) is 0 Å². The van der Waals surface area contributed by atoms with Crippen molar-refractivity contribution in [2.75, 3.05) is 11.4 Å². The molecule has 0 saturated carbocycles. The fraction of sp³-hybridized carbons (Fsp3) is 0.125. The predicted molar refractivity (Wildman–Crippen MR) is 79.8 cm³/mol. The Morgan fingerprint density at radius 1 is 1.05 bits per heavy atom. The van der Waals surface area contributed by atoms with E-state index >= 15 is 0 Å². The van der Waals surface area contributed by atoms with Crippen LogP contribution in [0.15, 0.2) is 48.5 Å². The van der Waals surface area contributed by atoms with Crippen molar-refractivity contribution < 1.29 is 0 Å². The van der Waals surface area contributed by atoms with Crippen LogP contribution in [0.5, 0.6) is 0 Å². The number of hydrogen-bond acceptors (Lipinski definition) is 3. The summed E-state index contributed by atoms with van der Waals surface area (Å²) in [6, 6.07) is 19.1. The molecular formula is C16H12ClN3. The molecule has 3 nitrogen and oxygen atoms in total. The summed E-state index contributed by atoms with van der Waals surface area (Å²) in [5.41, 5.74) is 2.19. The zero-order chi connectivity index (χ0) is 14.4. The minimum absolute atomic E-state index is 0.367. The van der Waals surface area contributed by atoms with Crippen molar-refractivity contribution in [2.45, 2.75) is 6.42 Å². The van der Waals surface area contributed by atoms with Crippen LogP contribution in [0, 0.1) is 22.7 Å². The Labute approximate surface area is 123 Å². The summed E-state index contributed by atoms with van der Waals surface area (Å²) in [6.07, 6.45) is 0.367. The molecule has 0 unspecified atom stereocenters. The van der Waals surface area contributed by atoms with Gasteiger partial charge in [-0.1, -0.05) is 29.8 Å². The number of anilines is 2. The van der Waals surface area contributed by atoms with E-state index in [0.717, 1.165) is 11.4 Å². The average molecular weight is 282 g/mol. The van der Waals surface area contributed by atoms with Crippen LogP contribution in [0.1, 0.15) is 12.0 Å². The highest BCUT2D eigenvalue weighted by Crippen LogP contribution is 2.30. The van der Waals surface area contributed by atoms with Crippen molar-refractivity contribution in [3.63, 3.8) is 0 Å². The van der Waals surface area contributed by atoms with Crippen molar-refractivity contribution in [3.05, 3.63) is 59.1 Å². The molecule has 98 valence electrons. The van der Waals surface area contributed by atoms with E-state index in [2.05, 4.69) is 12.1 Å². The van der Waals surface area contributed by atoms with Crippen molar-refractivity contribution >= 4 is 23.0 Å². The van der Waals surface area contributed by atoms with Gasteiger partial charge in [0, 0.05) is 17.3 Å². The molecule has 0 fully saturated rings. The molecule has 0 atom stereocenters. The van der Waals surface area contributed by atoms with E-state index in [1.807, 2.05) is 35.2 Å². The van der Waals surface area contributed by atoms with Crippen LogP contribution in [-0.2, 0) is 0 Å². The van der Waals surface area contributed by atoms with Crippen LogP contribution in [0.4, 0.5) is 11.4 Å². The maximum Gasteiger partial charge on any atom is 0.101 e. The lowest BCUT2D eigenvalue weighted by Gasteiger charge is -2.25. The first kappa shape index (κ1) is 13.9. The number of nitrogens with zero attached hydrogens (tertiary/aromatic N) is 3. The lowest BCUT2D eigenvalue weighted by atomic mass is 10.1. The fourth-order valence-corrected chi connectivity index (χ4v) is 2.15. The molecule has 0 heterocycles. The average Bonchev–Trinajstić information content (AvgIpc) is 2.49. The molecule has 0 aliphatic carbocycles. The first-order chi connectivity index (χ1) is 9.76. The second kappa shape index (κ2) is 6.61. The number of nitriles is 2. The summed E-state index contributed by atoms with van der Waals surface area (Å²) in [4.78, 5) is 1.94. The quantitative estimate of drug-likeness (QED) is 0.841. The summed E-state index contributed by atoms with van der Waals surface area (Å²) >= 11 is 6.04. The van der Waals surface area contributed by atoms with Gasteiger partial charge < -0.3 is 4.90 Å². The molecule has 2 rings (SSSR count). The number of benzene rings is 2. The lowest BCUT2D eigenvalue weighted by Crippen LogP contribution is -2.19. The van der Waals surface area contributed by atoms with Crippen LogP contribution in [0.3, 0.4) is 0 Å². The summed E-state index contributed by atoms with van der Waals surface area (Å²) in [5.74, 6) is 0. The van der Waals surface area contributed by atoms with Crippen molar-refractivity contribution in [2.24, 2.45) is 0 Å². The maximum atomic E-state index is 9.25. The topological polar surface area (TPSA) is 50.8 Å². The highest BCUT2D eigenvalue weighted by Gasteiger charge is 2.13. The second-order valence-electron chi connectivity index (χ2n) is 4.17. The molecular weight excluding hydrogens is 270 g/mol. The van der Waals surface area contributed by atoms with Gasteiger partial charge in [0.2, 0.25) is 0 Å². The zero-order valence-electron chi connectivity index (χ0n) is 10.8. The standard InChI is InChI=1S/C16H12ClN3/c17-14-8-7-13(12-19)16(11-14)20(10-4-9-18)15-5-2-1-3-6-15/h1-3,5-8,11H,4,10H2. The molecule has 0 aliphatic rings. The fourth-order valence-electron chi connectivity index (χ4n) is 1.98. The van der Waals surface area contributed by atoms with Crippen molar-refractivity contribution in [1.82, 2.24) is 0 Å². The molecule has 0 aliphatic heterocycles. The third-order valence-electron chi connectivity index (χ3n) is 2.89. The summed E-state index contributed by atoms with van der Waals surface area (Å²) < 4.78 is 0. The SMILES string of the molecule is N#CCCN(c1ccccc1)c1cc(Cl)ccc1C#N. The van der Waals surface area contributed by atoms with Crippen molar-refractivity contribution in [1.29, 1.82) is 10.5 Å². The summed E-state index contributed by atoms with van der Waals surface area (Å²) in [6.45, 7) is 0.509. The monoisotopic (exact) mass is 281 g/mol. The molecule has 0 aromatic heterocycles. The van der Waals surface area contributed by atoms with E-state index in [9.17, 15) is 5.26 Å². The van der Waals surface area contributed by atoms with Crippen LogP contribution in [-0.4, -0.2) is 6.54 Å². The Morgan fingerprint density at radius 2 is 1.80 bits per heavy atom. The molecule has 0 N–H and O–H groups in total. The van der Waals surface area contributed by atoms with E-state index in [1.165, 1.54) is 0 Å². The molecule has 4 heteroatoms.